The van der Waals surface area contributed by atoms with E-state index in [1.54, 1.807) is 11.8 Å². The van der Waals surface area contributed by atoms with Crippen LogP contribution in [0.5, 0.6) is 0 Å². The summed E-state index contributed by atoms with van der Waals surface area (Å²) in [4.78, 5) is 17.7. The molecule has 190 valence electrons. The molecule has 1 amide bonds. The van der Waals surface area contributed by atoms with Gasteiger partial charge in [-0.2, -0.15) is 11.8 Å². The van der Waals surface area contributed by atoms with Crippen LogP contribution >= 0.6 is 36.6 Å². The van der Waals surface area contributed by atoms with Crippen molar-refractivity contribution in [2.75, 3.05) is 54.4 Å². The zero-order chi connectivity index (χ0) is 22.9. The van der Waals surface area contributed by atoms with Gasteiger partial charge >= 0.3 is 0 Å². The fourth-order valence-corrected chi connectivity index (χ4v) is 5.03. The second-order valence-electron chi connectivity index (χ2n) is 9.24. The summed E-state index contributed by atoms with van der Waals surface area (Å²) in [5, 5.41) is 3.23. The molecule has 0 atom stereocenters. The Morgan fingerprint density at radius 2 is 1.47 bits per heavy atom. The lowest BCUT2D eigenvalue weighted by atomic mass is 9.92. The monoisotopic (exact) mass is 525 g/mol. The van der Waals surface area contributed by atoms with E-state index in [0.717, 1.165) is 50.6 Å². The zero-order valence-corrected chi connectivity index (χ0v) is 23.4. The first-order valence-corrected chi connectivity index (χ1v) is 13.1. The largest absolute Gasteiger partial charge is 0.369 e. The Hall–Kier alpha value is -1.40. The van der Waals surface area contributed by atoms with Crippen LogP contribution in [0.4, 0.5) is 11.4 Å². The molecule has 1 saturated heterocycles. The first-order valence-electron chi connectivity index (χ1n) is 12.0. The number of halogens is 2. The summed E-state index contributed by atoms with van der Waals surface area (Å²) in [6.45, 7) is 14.3. The lowest BCUT2D eigenvalue weighted by molar-refractivity contribution is -0.113. The van der Waals surface area contributed by atoms with Crippen molar-refractivity contribution < 1.29 is 4.79 Å². The van der Waals surface area contributed by atoms with Crippen molar-refractivity contribution in [2.24, 2.45) is 0 Å². The first-order chi connectivity index (χ1) is 15.5. The van der Waals surface area contributed by atoms with Gasteiger partial charge in [0.25, 0.3) is 0 Å². The van der Waals surface area contributed by atoms with E-state index in [0.29, 0.717) is 17.6 Å². The molecule has 1 heterocycles. The summed E-state index contributed by atoms with van der Waals surface area (Å²) >= 11 is 1.75. The van der Waals surface area contributed by atoms with Crippen LogP contribution in [-0.2, 0) is 4.79 Å². The number of hydrogen-bond donors (Lipinski definition) is 1. The number of hydrogen-bond acceptors (Lipinski definition) is 4. The standard InChI is InChI=1S/C27H39N3OS.2ClH/c1-21(2)24-12-8-13-25(22(3)4)27(24)28-26(31)20-32-19-9-14-29-15-17-30(18-16-29)23-10-6-5-7-11-23;;/h5-8,10-13,21-22H,9,14-20H2,1-4H3,(H,28,31);2*1H. The van der Waals surface area contributed by atoms with Gasteiger partial charge in [-0.15, -0.1) is 24.8 Å². The number of carbonyl (C=O) groups is 1. The van der Waals surface area contributed by atoms with Crippen LogP contribution in [0.3, 0.4) is 0 Å². The summed E-state index contributed by atoms with van der Waals surface area (Å²) in [7, 11) is 0. The third-order valence-corrected chi connectivity index (χ3v) is 7.17. The second kappa shape index (κ2) is 15.6. The van der Waals surface area contributed by atoms with Crippen molar-refractivity contribution in [3.8, 4) is 0 Å². The average molecular weight is 527 g/mol. The Morgan fingerprint density at radius 1 is 0.882 bits per heavy atom. The first kappa shape index (κ1) is 30.6. The van der Waals surface area contributed by atoms with Crippen LogP contribution < -0.4 is 10.2 Å². The maximum Gasteiger partial charge on any atom is 0.234 e. The quantitative estimate of drug-likeness (QED) is 0.351. The van der Waals surface area contributed by atoms with Crippen molar-refractivity contribution in [3.05, 3.63) is 59.7 Å². The number of rotatable bonds is 10. The van der Waals surface area contributed by atoms with Crippen molar-refractivity contribution in [3.63, 3.8) is 0 Å². The fourth-order valence-electron chi connectivity index (χ4n) is 4.29. The predicted molar refractivity (Wildman–Crippen MR) is 155 cm³/mol. The van der Waals surface area contributed by atoms with Gasteiger partial charge in [-0.25, -0.2) is 0 Å². The van der Waals surface area contributed by atoms with E-state index in [2.05, 4.69) is 91.3 Å². The molecule has 0 aliphatic carbocycles. The second-order valence-corrected chi connectivity index (χ2v) is 10.3. The molecule has 0 spiro atoms. The maximum atomic E-state index is 12.6. The van der Waals surface area contributed by atoms with Gasteiger partial charge in [0.05, 0.1) is 5.75 Å². The number of benzene rings is 2. The molecule has 0 unspecified atom stereocenters. The number of carbonyl (C=O) groups excluding carboxylic acids is 1. The molecule has 2 aromatic carbocycles. The van der Waals surface area contributed by atoms with E-state index in [-0.39, 0.29) is 30.7 Å². The average Bonchev–Trinajstić information content (AvgIpc) is 2.79. The van der Waals surface area contributed by atoms with Gasteiger partial charge in [-0.1, -0.05) is 64.1 Å². The molecule has 0 bridgehead atoms. The minimum atomic E-state index is 0. The van der Waals surface area contributed by atoms with E-state index in [1.165, 1.54) is 16.8 Å². The van der Waals surface area contributed by atoms with Crippen molar-refractivity contribution in [1.29, 1.82) is 0 Å². The number of para-hydroxylation sites is 2. The van der Waals surface area contributed by atoms with E-state index in [9.17, 15) is 4.79 Å². The molecule has 4 nitrogen and oxygen atoms in total. The van der Waals surface area contributed by atoms with Crippen LogP contribution in [-0.4, -0.2) is 55.0 Å². The number of amides is 1. The molecule has 0 aromatic heterocycles. The lowest BCUT2D eigenvalue weighted by Crippen LogP contribution is -2.46. The normalized spacial score (nSPS) is 14.0. The van der Waals surface area contributed by atoms with Crippen LogP contribution in [0.2, 0.25) is 0 Å². The number of thioether (sulfide) groups is 1. The Morgan fingerprint density at radius 3 is 2.03 bits per heavy atom. The summed E-state index contributed by atoms with van der Waals surface area (Å²) in [6.07, 6.45) is 1.13. The molecule has 1 aliphatic heterocycles. The molecule has 3 rings (SSSR count). The van der Waals surface area contributed by atoms with Gasteiger partial charge in [0.2, 0.25) is 5.91 Å². The molecule has 34 heavy (non-hydrogen) atoms. The molecule has 1 aliphatic rings. The molecule has 0 radical (unpaired) electrons. The topological polar surface area (TPSA) is 35.6 Å². The van der Waals surface area contributed by atoms with Crippen LogP contribution in [0.1, 0.15) is 57.1 Å². The number of piperazine rings is 1. The maximum absolute atomic E-state index is 12.6. The highest BCUT2D eigenvalue weighted by molar-refractivity contribution is 7.99. The van der Waals surface area contributed by atoms with Gasteiger partial charge < -0.3 is 10.2 Å². The molecular formula is C27H41Cl2N3OS. The summed E-state index contributed by atoms with van der Waals surface area (Å²) < 4.78 is 0. The van der Waals surface area contributed by atoms with Gasteiger partial charge in [0.15, 0.2) is 0 Å². The van der Waals surface area contributed by atoms with E-state index >= 15 is 0 Å². The fraction of sp³-hybridized carbons (Fsp3) is 0.519. The highest BCUT2D eigenvalue weighted by atomic mass is 35.5. The van der Waals surface area contributed by atoms with Gasteiger partial charge in [0, 0.05) is 37.6 Å². The molecule has 1 fully saturated rings. The highest BCUT2D eigenvalue weighted by Crippen LogP contribution is 2.32. The van der Waals surface area contributed by atoms with Gasteiger partial charge in [0.1, 0.15) is 0 Å². The van der Waals surface area contributed by atoms with Gasteiger partial charge in [-0.05, 0) is 53.8 Å². The van der Waals surface area contributed by atoms with Crippen LogP contribution in [0, 0.1) is 0 Å². The molecular weight excluding hydrogens is 485 g/mol. The smallest absolute Gasteiger partial charge is 0.234 e. The number of nitrogens with zero attached hydrogens (tertiary/aromatic N) is 2. The predicted octanol–water partition coefficient (Wildman–Crippen LogP) is 6.66. The van der Waals surface area contributed by atoms with Crippen molar-refractivity contribution in [1.82, 2.24) is 4.90 Å². The van der Waals surface area contributed by atoms with E-state index in [1.807, 2.05) is 0 Å². The Labute approximate surface area is 223 Å². The van der Waals surface area contributed by atoms with Crippen molar-refractivity contribution >= 4 is 53.9 Å². The summed E-state index contributed by atoms with van der Waals surface area (Å²) in [5.74, 6) is 2.43. The lowest BCUT2D eigenvalue weighted by Gasteiger charge is -2.36. The summed E-state index contributed by atoms with van der Waals surface area (Å²) in [6, 6.07) is 17.1. The molecule has 7 heteroatoms. The molecule has 2 aromatic rings. The number of anilines is 2. The minimum absolute atomic E-state index is 0. The SMILES string of the molecule is CC(C)c1cccc(C(C)C)c1NC(=O)CSCCCN1CCN(c2ccccc2)CC1.Cl.Cl. The highest BCUT2D eigenvalue weighted by Gasteiger charge is 2.17. The third-order valence-electron chi connectivity index (χ3n) is 6.13. The minimum Gasteiger partial charge on any atom is -0.369 e. The molecule has 1 N–H and O–H groups in total. The van der Waals surface area contributed by atoms with E-state index in [4.69, 9.17) is 0 Å². The van der Waals surface area contributed by atoms with Crippen molar-refractivity contribution in [2.45, 2.75) is 46.0 Å². The van der Waals surface area contributed by atoms with Gasteiger partial charge in [-0.3, -0.25) is 9.69 Å². The van der Waals surface area contributed by atoms with E-state index < -0.39 is 0 Å². The molecule has 0 saturated carbocycles. The Balaban J connectivity index is 0.00000289. The number of nitrogens with one attached hydrogen (secondary N) is 1. The zero-order valence-electron chi connectivity index (χ0n) is 21.0. The summed E-state index contributed by atoms with van der Waals surface area (Å²) in [5.41, 5.74) is 4.81. The third kappa shape index (κ3) is 8.99. The Kier molecular flexibility index (Phi) is 14.0. The van der Waals surface area contributed by atoms with Crippen LogP contribution in [0.15, 0.2) is 48.5 Å². The Bertz CT molecular complexity index is 830. The van der Waals surface area contributed by atoms with Crippen LogP contribution in [0.25, 0.3) is 0 Å².